The van der Waals surface area contributed by atoms with E-state index in [1.807, 2.05) is 6.92 Å². The molecule has 0 spiro atoms. The van der Waals surface area contributed by atoms with Crippen LogP contribution in [0.5, 0.6) is 0 Å². The Kier molecular flexibility index (Phi) is 3.54. The zero-order valence-electron chi connectivity index (χ0n) is 9.13. The van der Waals surface area contributed by atoms with Crippen molar-refractivity contribution in [1.29, 1.82) is 0 Å². The van der Waals surface area contributed by atoms with Crippen LogP contribution in [0, 0.1) is 10.5 Å². The first-order valence-corrected chi connectivity index (χ1v) is 5.94. The molecule has 1 heterocycles. The van der Waals surface area contributed by atoms with Crippen molar-refractivity contribution in [2.45, 2.75) is 13.3 Å². The van der Waals surface area contributed by atoms with Gasteiger partial charge < -0.3 is 4.98 Å². The Morgan fingerprint density at radius 2 is 2.24 bits per heavy atom. The molecule has 1 aromatic carbocycles. The smallest absolute Gasteiger partial charge is 0.134 e. The second kappa shape index (κ2) is 4.94. The number of benzene rings is 1. The van der Waals surface area contributed by atoms with E-state index in [4.69, 9.17) is 23.8 Å². The first-order valence-electron chi connectivity index (χ1n) is 5.15. The van der Waals surface area contributed by atoms with Crippen molar-refractivity contribution in [1.82, 2.24) is 9.97 Å². The zero-order chi connectivity index (χ0) is 12.4. The summed E-state index contributed by atoms with van der Waals surface area (Å²) in [6.07, 6.45) is 2.17. The van der Waals surface area contributed by atoms with Crippen molar-refractivity contribution in [3.05, 3.63) is 45.6 Å². The molecule has 5 heteroatoms. The average Bonchev–Trinajstić information content (AvgIpc) is 2.29. The maximum Gasteiger partial charge on any atom is 0.134 e. The molecule has 0 aliphatic heterocycles. The summed E-state index contributed by atoms with van der Waals surface area (Å²) in [5.74, 6) is -0.371. The summed E-state index contributed by atoms with van der Waals surface area (Å²) in [4.78, 5) is 6.94. The van der Waals surface area contributed by atoms with Gasteiger partial charge in [-0.1, -0.05) is 30.7 Å². The largest absolute Gasteiger partial charge is 0.345 e. The molecular weight excluding hydrogens is 259 g/mol. The first kappa shape index (κ1) is 12.2. The molecule has 17 heavy (non-hydrogen) atoms. The molecule has 0 bridgehead atoms. The molecule has 1 aromatic heterocycles. The molecule has 0 saturated heterocycles. The van der Waals surface area contributed by atoms with Crippen LogP contribution in [-0.4, -0.2) is 9.97 Å². The molecule has 0 fully saturated rings. The number of halogens is 2. The second-order valence-electron chi connectivity index (χ2n) is 3.54. The maximum atomic E-state index is 13.8. The molecule has 0 amide bonds. The number of hydrogen-bond acceptors (Lipinski definition) is 2. The van der Waals surface area contributed by atoms with Crippen LogP contribution in [-0.2, 0) is 6.42 Å². The molecular formula is C12H10ClFN2S. The molecule has 2 rings (SSSR count). The topological polar surface area (TPSA) is 28.7 Å². The van der Waals surface area contributed by atoms with Gasteiger partial charge >= 0.3 is 0 Å². The van der Waals surface area contributed by atoms with E-state index in [9.17, 15) is 4.39 Å². The number of nitrogens with one attached hydrogen (secondary N) is 1. The number of nitrogens with zero attached hydrogens (tertiary/aromatic N) is 1. The van der Waals surface area contributed by atoms with Crippen molar-refractivity contribution in [2.75, 3.05) is 0 Å². The van der Waals surface area contributed by atoms with Crippen LogP contribution in [0.25, 0.3) is 11.3 Å². The Labute approximate surface area is 108 Å². The fourth-order valence-corrected chi connectivity index (χ4v) is 2.15. The molecule has 1 N–H and O–H groups in total. The summed E-state index contributed by atoms with van der Waals surface area (Å²) < 4.78 is 14.3. The van der Waals surface area contributed by atoms with Crippen molar-refractivity contribution in [2.24, 2.45) is 0 Å². The van der Waals surface area contributed by atoms with Gasteiger partial charge in [0.15, 0.2) is 0 Å². The minimum absolute atomic E-state index is 0.371. The highest BCUT2D eigenvalue weighted by Crippen LogP contribution is 2.26. The third-order valence-electron chi connectivity index (χ3n) is 2.50. The molecule has 0 aliphatic rings. The van der Waals surface area contributed by atoms with Crippen LogP contribution in [0.15, 0.2) is 24.5 Å². The maximum absolute atomic E-state index is 13.8. The van der Waals surface area contributed by atoms with Gasteiger partial charge in [0.1, 0.15) is 10.5 Å². The highest BCUT2D eigenvalue weighted by molar-refractivity contribution is 7.71. The average molecular weight is 269 g/mol. The summed E-state index contributed by atoms with van der Waals surface area (Å²) in [6.45, 7) is 1.96. The fraction of sp³-hybridized carbons (Fsp3) is 0.167. The van der Waals surface area contributed by atoms with Gasteiger partial charge in [-0.2, -0.15) is 0 Å². The highest BCUT2D eigenvalue weighted by atomic mass is 35.5. The van der Waals surface area contributed by atoms with Crippen LogP contribution in [0.1, 0.15) is 12.5 Å². The lowest BCUT2D eigenvalue weighted by Crippen LogP contribution is -1.97. The molecule has 0 aliphatic carbocycles. The van der Waals surface area contributed by atoms with Crippen molar-refractivity contribution in [3.8, 4) is 11.3 Å². The molecule has 0 saturated carbocycles. The normalized spacial score (nSPS) is 10.5. The summed E-state index contributed by atoms with van der Waals surface area (Å²) >= 11 is 10.9. The van der Waals surface area contributed by atoms with Gasteiger partial charge in [-0.05, 0) is 24.6 Å². The third-order valence-corrected chi connectivity index (χ3v) is 3.09. The molecule has 88 valence electrons. The fourth-order valence-electron chi connectivity index (χ4n) is 1.69. The standard InChI is InChI=1S/C12H10ClFN2S/c1-2-8-11(15-6-16-12(8)17)9-4-3-7(13)5-10(9)14/h3-6H,2H2,1H3,(H,15,16,17). The minimum Gasteiger partial charge on any atom is -0.345 e. The Balaban J connectivity index is 2.68. The number of hydrogen-bond donors (Lipinski definition) is 1. The Bertz CT molecular complexity index is 610. The Morgan fingerprint density at radius 1 is 1.47 bits per heavy atom. The Morgan fingerprint density at radius 3 is 2.88 bits per heavy atom. The van der Waals surface area contributed by atoms with E-state index in [0.29, 0.717) is 27.3 Å². The second-order valence-corrected chi connectivity index (χ2v) is 4.36. The van der Waals surface area contributed by atoms with Crippen LogP contribution < -0.4 is 0 Å². The van der Waals surface area contributed by atoms with E-state index in [1.54, 1.807) is 12.1 Å². The van der Waals surface area contributed by atoms with Crippen LogP contribution >= 0.6 is 23.8 Å². The first-order chi connectivity index (χ1) is 8.13. The third kappa shape index (κ3) is 2.37. The van der Waals surface area contributed by atoms with Crippen molar-refractivity contribution >= 4 is 23.8 Å². The quantitative estimate of drug-likeness (QED) is 0.829. The Hall–Kier alpha value is -1.26. The van der Waals surface area contributed by atoms with Gasteiger partial charge in [0.2, 0.25) is 0 Å². The lowest BCUT2D eigenvalue weighted by molar-refractivity contribution is 0.630. The minimum atomic E-state index is -0.371. The van der Waals surface area contributed by atoms with Gasteiger partial charge in [-0.3, -0.25) is 0 Å². The molecule has 2 aromatic rings. The van der Waals surface area contributed by atoms with Crippen LogP contribution in [0.4, 0.5) is 4.39 Å². The monoisotopic (exact) mass is 268 g/mol. The lowest BCUT2D eigenvalue weighted by atomic mass is 10.1. The number of rotatable bonds is 2. The molecule has 0 unspecified atom stereocenters. The summed E-state index contributed by atoms with van der Waals surface area (Å²) in [5.41, 5.74) is 1.96. The summed E-state index contributed by atoms with van der Waals surface area (Å²) in [7, 11) is 0. The van der Waals surface area contributed by atoms with Gasteiger partial charge in [0.05, 0.1) is 12.0 Å². The van der Waals surface area contributed by atoms with Gasteiger partial charge in [-0.25, -0.2) is 9.37 Å². The van der Waals surface area contributed by atoms with Gasteiger partial charge in [0.25, 0.3) is 0 Å². The highest BCUT2D eigenvalue weighted by Gasteiger charge is 2.11. The molecule has 0 radical (unpaired) electrons. The van der Waals surface area contributed by atoms with Crippen molar-refractivity contribution < 1.29 is 4.39 Å². The van der Waals surface area contributed by atoms with Crippen molar-refractivity contribution in [3.63, 3.8) is 0 Å². The lowest BCUT2D eigenvalue weighted by Gasteiger charge is -2.08. The van der Waals surface area contributed by atoms with Gasteiger partial charge in [0, 0.05) is 16.1 Å². The molecule has 2 nitrogen and oxygen atoms in total. The van der Waals surface area contributed by atoms with E-state index in [2.05, 4.69) is 9.97 Å². The number of H-pyrrole nitrogens is 1. The predicted molar refractivity (Wildman–Crippen MR) is 69.2 cm³/mol. The zero-order valence-corrected chi connectivity index (χ0v) is 10.7. The van der Waals surface area contributed by atoms with Crippen LogP contribution in [0.2, 0.25) is 5.02 Å². The number of aromatic amines is 1. The van der Waals surface area contributed by atoms with Crippen LogP contribution in [0.3, 0.4) is 0 Å². The van der Waals surface area contributed by atoms with Gasteiger partial charge in [-0.15, -0.1) is 0 Å². The summed E-state index contributed by atoms with van der Waals surface area (Å²) in [6, 6.07) is 4.57. The van der Waals surface area contributed by atoms with E-state index >= 15 is 0 Å². The predicted octanol–water partition coefficient (Wildman–Crippen LogP) is 4.16. The van der Waals surface area contributed by atoms with E-state index in [0.717, 1.165) is 5.56 Å². The SMILES string of the molecule is CCc1c(-c2ccc(Cl)cc2F)[nH]cnc1=S. The van der Waals surface area contributed by atoms with E-state index in [1.165, 1.54) is 12.4 Å². The van der Waals surface area contributed by atoms with E-state index < -0.39 is 0 Å². The molecule has 0 atom stereocenters. The number of aromatic nitrogens is 2. The van der Waals surface area contributed by atoms with E-state index in [-0.39, 0.29) is 5.82 Å². The summed E-state index contributed by atoms with van der Waals surface area (Å²) in [5, 5.41) is 0.372.